The molecule has 0 radical (unpaired) electrons. The molecule has 0 saturated carbocycles. The number of hydrogen-bond donors (Lipinski definition) is 0. The molecule has 10 saturated heterocycles. The fourth-order valence-corrected chi connectivity index (χ4v) is 151. The zero-order valence-corrected chi connectivity index (χ0v) is 9.90. The van der Waals surface area contributed by atoms with E-state index in [-0.39, 0.29) is 0 Å². The summed E-state index contributed by atoms with van der Waals surface area (Å²) in [6.07, 6.45) is 0. The molecule has 0 aromatic carbocycles. The third kappa shape index (κ3) is 0.0357. The van der Waals surface area contributed by atoms with Crippen LogP contribution in [0, 0.1) is 0 Å². The van der Waals surface area contributed by atoms with Crippen LogP contribution in [-0.4, -0.2) is 13.7 Å². The van der Waals surface area contributed by atoms with Crippen molar-refractivity contribution in [2.24, 2.45) is 0 Å². The van der Waals surface area contributed by atoms with E-state index in [2.05, 4.69) is 0 Å². The molecule has 10 rings (SSSR count). The number of fused-ring (bicyclic) bond motifs is 10. The summed E-state index contributed by atoms with van der Waals surface area (Å²) in [5.41, 5.74) is 0. The standard InChI is InChI=1S/C7H9O.C5H5.Ru/c1-8-6-7-4-2-3-5-7;1-2-4-5-3-1;/h2-5H,6H2,1H3;1-5H;. The number of hydrogen-bond acceptors (Lipinski definition) is 1. The van der Waals surface area contributed by atoms with Crippen LogP contribution in [0.25, 0.3) is 0 Å². The Kier molecular flexibility index (Phi) is 0.114. The third-order valence-electron chi connectivity index (χ3n) is 15.3. The zero-order chi connectivity index (χ0) is 8.43. The molecule has 2 heteroatoms. The molecule has 1 spiro atoms. The summed E-state index contributed by atoms with van der Waals surface area (Å²) in [6.45, 7) is 1.26. The van der Waals surface area contributed by atoms with E-state index in [9.17, 15) is 0 Å². The zero-order valence-electron chi connectivity index (χ0n) is 8.17. The van der Waals surface area contributed by atoms with Crippen LogP contribution in [0.15, 0.2) is 0 Å². The predicted molar refractivity (Wildman–Crippen MR) is 48.3 cm³/mol. The number of rotatable bonds is 2. The first-order valence-electron chi connectivity index (χ1n) is 6.31. The van der Waals surface area contributed by atoms with Gasteiger partial charge in [-0.15, -0.1) is 0 Å². The van der Waals surface area contributed by atoms with Gasteiger partial charge < -0.3 is 0 Å². The molecule has 4 unspecified atom stereocenters. The number of methoxy groups -OCH3 is 1. The van der Waals surface area contributed by atoms with Crippen molar-refractivity contribution in [3.05, 3.63) is 0 Å². The topological polar surface area (TPSA) is 9.23 Å². The van der Waals surface area contributed by atoms with Gasteiger partial charge in [-0.25, -0.2) is 0 Å². The molecule has 0 aliphatic carbocycles. The first-order chi connectivity index (χ1) is 6.61. The Hall–Kier alpha value is 0.583. The van der Waals surface area contributed by atoms with E-state index in [4.69, 9.17) is 4.74 Å². The summed E-state index contributed by atoms with van der Waals surface area (Å²) in [4.78, 5) is 0. The van der Waals surface area contributed by atoms with Gasteiger partial charge in [0.1, 0.15) is 0 Å². The van der Waals surface area contributed by atoms with Crippen LogP contribution >= 0.6 is 0 Å². The average Bonchev–Trinajstić information content (AvgIpc) is 3.14. The van der Waals surface area contributed by atoms with Crippen LogP contribution in [0.5, 0.6) is 0 Å². The first kappa shape index (κ1) is 4.84. The Balaban J connectivity index is 1.85. The molecule has 0 N–H and O–H groups in total. The molecule has 10 aliphatic rings. The average molecular weight is 275 g/mol. The number of ether oxygens (including phenoxy) is 1. The Morgan fingerprint density at radius 3 is 1.64 bits per heavy atom. The van der Waals surface area contributed by atoms with E-state index in [0.717, 1.165) is 4.01 Å². The second-order valence-electron chi connectivity index (χ2n) is 10.3. The van der Waals surface area contributed by atoms with Gasteiger partial charge in [0.25, 0.3) is 0 Å². The van der Waals surface area contributed by atoms with E-state index >= 15 is 0 Å². The summed E-state index contributed by atoms with van der Waals surface area (Å²) in [7, 11) is -0.950. The summed E-state index contributed by atoms with van der Waals surface area (Å²) in [6, 6.07) is 0. The first-order valence-corrected chi connectivity index (χ1v) is 16.2. The van der Waals surface area contributed by atoms with Gasteiger partial charge in [-0.3, -0.25) is 0 Å². The minimum absolute atomic E-state index is 1.04. The van der Waals surface area contributed by atoms with Crippen LogP contribution in [0.4, 0.5) is 0 Å². The van der Waals surface area contributed by atoms with E-state index < -0.39 is 7.72 Å². The molecule has 10 fully saturated rings. The molecule has 4 atom stereocenters. The fourth-order valence-electron chi connectivity index (χ4n) is 17.3. The van der Waals surface area contributed by atoms with Gasteiger partial charge in [-0.1, -0.05) is 0 Å². The van der Waals surface area contributed by atoms with Gasteiger partial charge in [0, 0.05) is 0 Å². The van der Waals surface area contributed by atoms with Crippen LogP contribution in [0.3, 0.4) is 0 Å². The van der Waals surface area contributed by atoms with Crippen molar-refractivity contribution >= 4 is 0 Å². The fraction of sp³-hybridized carbons (Fsp3) is 1.00. The van der Waals surface area contributed by atoms with E-state index in [1.807, 2.05) is 7.11 Å². The van der Waals surface area contributed by atoms with Gasteiger partial charge in [-0.05, 0) is 0 Å². The van der Waals surface area contributed by atoms with Crippen molar-refractivity contribution in [1.29, 1.82) is 0 Å². The van der Waals surface area contributed by atoms with Crippen molar-refractivity contribution in [1.82, 2.24) is 0 Å². The molecule has 0 bridgehead atoms. The van der Waals surface area contributed by atoms with Crippen LogP contribution in [0.2, 0.25) is 44.6 Å². The maximum atomic E-state index is 5.71. The molecule has 10 aliphatic heterocycles. The van der Waals surface area contributed by atoms with Crippen LogP contribution in [0.1, 0.15) is 0 Å². The van der Waals surface area contributed by atoms with Crippen molar-refractivity contribution in [3.8, 4) is 0 Å². The second kappa shape index (κ2) is 0.331. The predicted octanol–water partition coefficient (Wildman–Crippen LogP) is 3.39. The summed E-state index contributed by atoms with van der Waals surface area (Å²) >= 11 is 0. The molecule has 76 valence electrons. The van der Waals surface area contributed by atoms with E-state index in [0.29, 0.717) is 0 Å². The molecule has 0 aromatic rings. The maximum absolute atomic E-state index is 5.71. The minimum atomic E-state index is -2.93. The molecule has 0 aromatic heterocycles. The Labute approximate surface area is 70.9 Å². The van der Waals surface area contributed by atoms with Crippen molar-refractivity contribution in [2.75, 3.05) is 13.7 Å². The van der Waals surface area contributed by atoms with Crippen molar-refractivity contribution in [3.63, 3.8) is 0 Å². The van der Waals surface area contributed by atoms with Crippen LogP contribution in [-0.2, 0) is 12.5 Å². The summed E-state index contributed by atoms with van der Waals surface area (Å²) < 4.78 is 20.2. The van der Waals surface area contributed by atoms with E-state index in [1.165, 1.54) is 47.2 Å². The third-order valence-corrected chi connectivity index (χ3v) is 82.9. The Bertz CT molecular complexity index is 786. The SMILES string of the molecule is COC[C]12[CH]3[CH]4[CH]5[CH]1[Ru]45321678[CH]2[CH]1[CH]6[CH]7[CH]28. The Morgan fingerprint density at radius 1 is 0.929 bits per heavy atom. The molecule has 0 amide bonds. The molecule has 10 heterocycles. The molecule has 14 heavy (non-hydrogen) atoms. The second-order valence-corrected chi connectivity index (χ2v) is 47.5. The van der Waals surface area contributed by atoms with Crippen molar-refractivity contribution < 1.29 is 12.5 Å². The Morgan fingerprint density at radius 2 is 1.43 bits per heavy atom. The van der Waals surface area contributed by atoms with Gasteiger partial charge >= 0.3 is 70.8 Å². The normalized spacial score (nSPS) is 142. The molecular formula is C12H14ORu. The van der Waals surface area contributed by atoms with Gasteiger partial charge in [0.05, 0.1) is 0 Å². The molecular weight excluding hydrogens is 261 g/mol. The monoisotopic (exact) mass is 276 g/mol. The summed E-state index contributed by atoms with van der Waals surface area (Å²) in [5, 5.41) is 0. The summed E-state index contributed by atoms with van der Waals surface area (Å²) in [5.74, 6) is 0. The van der Waals surface area contributed by atoms with Gasteiger partial charge in [0.2, 0.25) is 0 Å². The van der Waals surface area contributed by atoms with Crippen molar-refractivity contribution in [2.45, 2.75) is 44.6 Å². The van der Waals surface area contributed by atoms with Gasteiger partial charge in [-0.2, -0.15) is 0 Å². The molecule has 1 nitrogen and oxygen atoms in total. The van der Waals surface area contributed by atoms with E-state index in [1.54, 1.807) is 0 Å². The van der Waals surface area contributed by atoms with Crippen LogP contribution < -0.4 is 0 Å². The quantitative estimate of drug-likeness (QED) is 0.702. The van der Waals surface area contributed by atoms with Gasteiger partial charge in [0.15, 0.2) is 0 Å².